The molecule has 0 bridgehead atoms. The minimum atomic E-state index is -1.88. The monoisotopic (exact) mass is 298 g/mol. The number of hydrogen-bond acceptors (Lipinski definition) is 4. The molecule has 0 aliphatic rings. The molecule has 1 aromatic rings. The maximum atomic E-state index is 12.6. The van der Waals surface area contributed by atoms with Gasteiger partial charge in [-0.2, -0.15) is 8.78 Å². The lowest BCUT2D eigenvalue weighted by Gasteiger charge is -2.18. The van der Waals surface area contributed by atoms with Gasteiger partial charge >= 0.3 is 11.9 Å². The molecule has 0 aromatic heterocycles. The van der Waals surface area contributed by atoms with E-state index in [0.29, 0.717) is 11.6 Å². The highest BCUT2D eigenvalue weighted by atomic mass is 19.3. The molecule has 0 saturated carbocycles. The van der Waals surface area contributed by atoms with Crippen molar-refractivity contribution in [2.24, 2.45) is 5.92 Å². The SMILES string of the molecule is COC(=O)C(C[C@H](C=C(F)F)c1ccccc1)C(=O)OC. The zero-order chi connectivity index (χ0) is 15.8. The summed E-state index contributed by atoms with van der Waals surface area (Å²) in [6.07, 6.45) is -1.31. The standard InChI is InChI=1S/C15H16F2O4/c1-20-14(18)12(15(19)21-2)8-11(9-13(16)17)10-6-4-3-5-7-10/h3-7,9,11-12H,8H2,1-2H3/t11-/m1/s1. The molecule has 1 rings (SSSR count). The quantitative estimate of drug-likeness (QED) is 0.598. The zero-order valence-corrected chi connectivity index (χ0v) is 11.7. The minimum absolute atomic E-state index is 0.152. The van der Waals surface area contributed by atoms with Gasteiger partial charge in [0, 0.05) is 5.92 Å². The second-order valence-corrected chi connectivity index (χ2v) is 4.31. The molecule has 0 amide bonds. The van der Waals surface area contributed by atoms with Gasteiger partial charge in [-0.15, -0.1) is 0 Å². The lowest BCUT2D eigenvalue weighted by Crippen LogP contribution is -2.28. The third kappa shape index (κ3) is 4.98. The Morgan fingerprint density at radius 1 is 1.10 bits per heavy atom. The van der Waals surface area contributed by atoms with Crippen molar-refractivity contribution in [1.82, 2.24) is 0 Å². The van der Waals surface area contributed by atoms with Gasteiger partial charge in [-0.25, -0.2) is 0 Å². The number of carbonyl (C=O) groups is 2. The highest BCUT2D eigenvalue weighted by molar-refractivity contribution is 5.94. The molecule has 0 saturated heterocycles. The van der Waals surface area contributed by atoms with E-state index in [0.717, 1.165) is 14.2 Å². The number of benzene rings is 1. The van der Waals surface area contributed by atoms with E-state index >= 15 is 0 Å². The zero-order valence-electron chi connectivity index (χ0n) is 11.7. The molecule has 0 spiro atoms. The maximum Gasteiger partial charge on any atom is 0.320 e. The van der Waals surface area contributed by atoms with Gasteiger partial charge in [0.1, 0.15) is 0 Å². The molecular formula is C15H16F2O4. The molecule has 0 aliphatic heterocycles. The molecule has 0 fully saturated rings. The molecule has 21 heavy (non-hydrogen) atoms. The highest BCUT2D eigenvalue weighted by Crippen LogP contribution is 2.28. The first-order chi connectivity index (χ1) is 9.99. The summed E-state index contributed by atoms with van der Waals surface area (Å²) in [4.78, 5) is 23.3. The van der Waals surface area contributed by atoms with Crippen molar-refractivity contribution in [3.8, 4) is 0 Å². The van der Waals surface area contributed by atoms with Crippen LogP contribution in [0.1, 0.15) is 17.9 Å². The first-order valence-electron chi connectivity index (χ1n) is 6.23. The summed E-state index contributed by atoms with van der Waals surface area (Å²) < 4.78 is 34.3. The van der Waals surface area contributed by atoms with E-state index in [1.165, 1.54) is 0 Å². The van der Waals surface area contributed by atoms with E-state index in [-0.39, 0.29) is 6.42 Å². The molecule has 1 atom stereocenters. The summed E-state index contributed by atoms with van der Waals surface area (Å²) in [5.41, 5.74) is 0.572. The Labute approximate surface area is 121 Å². The highest BCUT2D eigenvalue weighted by Gasteiger charge is 2.31. The van der Waals surface area contributed by atoms with Crippen molar-refractivity contribution in [1.29, 1.82) is 0 Å². The molecule has 1 aromatic carbocycles. The van der Waals surface area contributed by atoms with Crippen LogP contribution in [0, 0.1) is 5.92 Å². The van der Waals surface area contributed by atoms with Gasteiger partial charge < -0.3 is 9.47 Å². The van der Waals surface area contributed by atoms with Crippen LogP contribution in [-0.2, 0) is 19.1 Å². The lowest BCUT2D eigenvalue weighted by atomic mass is 9.88. The van der Waals surface area contributed by atoms with Crippen LogP contribution in [0.3, 0.4) is 0 Å². The van der Waals surface area contributed by atoms with Crippen molar-refractivity contribution in [3.05, 3.63) is 48.1 Å². The first-order valence-corrected chi connectivity index (χ1v) is 6.23. The number of carbonyl (C=O) groups excluding carboxylic acids is 2. The molecule has 0 radical (unpaired) electrons. The summed E-state index contributed by atoms with van der Waals surface area (Å²) in [7, 11) is 2.25. The van der Waals surface area contributed by atoms with E-state index in [9.17, 15) is 18.4 Å². The van der Waals surface area contributed by atoms with Crippen LogP contribution >= 0.6 is 0 Å². The fraction of sp³-hybridized carbons (Fsp3) is 0.333. The number of allylic oxidation sites excluding steroid dienone is 1. The predicted octanol–water partition coefficient (Wildman–Crippen LogP) is 2.90. The molecule has 0 N–H and O–H groups in total. The van der Waals surface area contributed by atoms with Gasteiger partial charge in [0.2, 0.25) is 0 Å². The van der Waals surface area contributed by atoms with Crippen LogP contribution in [0.15, 0.2) is 42.5 Å². The topological polar surface area (TPSA) is 52.6 Å². The Hall–Kier alpha value is -2.24. The van der Waals surface area contributed by atoms with Crippen molar-refractivity contribution >= 4 is 11.9 Å². The van der Waals surface area contributed by atoms with Crippen molar-refractivity contribution < 1.29 is 27.8 Å². The van der Waals surface area contributed by atoms with Gasteiger partial charge in [0.05, 0.1) is 14.2 Å². The van der Waals surface area contributed by atoms with Crippen LogP contribution in [0.25, 0.3) is 0 Å². The van der Waals surface area contributed by atoms with Crippen LogP contribution in [0.4, 0.5) is 8.78 Å². The fourth-order valence-electron chi connectivity index (χ4n) is 1.98. The largest absolute Gasteiger partial charge is 0.468 e. The Bertz CT molecular complexity index is 494. The average molecular weight is 298 g/mol. The van der Waals surface area contributed by atoms with E-state index in [1.54, 1.807) is 30.3 Å². The Morgan fingerprint density at radius 3 is 2.05 bits per heavy atom. The van der Waals surface area contributed by atoms with Crippen LogP contribution in [0.5, 0.6) is 0 Å². The lowest BCUT2D eigenvalue weighted by molar-refractivity contribution is -0.159. The van der Waals surface area contributed by atoms with Crippen LogP contribution < -0.4 is 0 Å². The normalized spacial score (nSPS) is 11.7. The number of rotatable bonds is 6. The Kier molecular flexibility index (Phi) is 6.52. The van der Waals surface area contributed by atoms with E-state index in [1.807, 2.05) is 0 Å². The van der Waals surface area contributed by atoms with Crippen molar-refractivity contribution in [2.45, 2.75) is 12.3 Å². The number of ether oxygens (including phenoxy) is 2. The summed E-state index contributed by atoms with van der Waals surface area (Å²) in [6, 6.07) is 8.43. The molecule has 4 nitrogen and oxygen atoms in total. The van der Waals surface area contributed by atoms with Gasteiger partial charge in [0.25, 0.3) is 6.08 Å². The Morgan fingerprint density at radius 2 is 1.62 bits per heavy atom. The van der Waals surface area contributed by atoms with Crippen molar-refractivity contribution in [2.75, 3.05) is 14.2 Å². The summed E-state index contributed by atoms with van der Waals surface area (Å²) in [6.45, 7) is 0. The van der Waals surface area contributed by atoms with E-state index in [2.05, 4.69) is 9.47 Å². The fourth-order valence-corrected chi connectivity index (χ4v) is 1.98. The Balaban J connectivity index is 3.06. The second kappa shape index (κ2) is 8.14. The number of hydrogen-bond donors (Lipinski definition) is 0. The van der Waals surface area contributed by atoms with Crippen molar-refractivity contribution in [3.63, 3.8) is 0 Å². The van der Waals surface area contributed by atoms with Gasteiger partial charge in [-0.1, -0.05) is 30.3 Å². The predicted molar refractivity (Wildman–Crippen MR) is 71.6 cm³/mol. The van der Waals surface area contributed by atoms with Crippen LogP contribution in [0.2, 0.25) is 0 Å². The summed E-state index contributed by atoms with van der Waals surface area (Å²) in [5, 5.41) is 0. The maximum absolute atomic E-state index is 12.6. The van der Waals surface area contributed by atoms with E-state index < -0.39 is 29.9 Å². The second-order valence-electron chi connectivity index (χ2n) is 4.31. The summed E-state index contributed by atoms with van der Waals surface area (Å²) >= 11 is 0. The molecule has 0 aliphatic carbocycles. The first kappa shape index (κ1) is 16.8. The molecule has 114 valence electrons. The van der Waals surface area contributed by atoms with Crippen LogP contribution in [-0.4, -0.2) is 26.2 Å². The minimum Gasteiger partial charge on any atom is -0.468 e. The summed E-state index contributed by atoms with van der Waals surface area (Å²) in [5.74, 6) is -3.66. The van der Waals surface area contributed by atoms with Gasteiger partial charge in [-0.3, -0.25) is 9.59 Å². The average Bonchev–Trinajstić information content (AvgIpc) is 2.50. The van der Waals surface area contributed by atoms with Gasteiger partial charge in [0.15, 0.2) is 5.92 Å². The van der Waals surface area contributed by atoms with Gasteiger partial charge in [-0.05, 0) is 18.1 Å². The third-order valence-corrected chi connectivity index (χ3v) is 3.02. The molecule has 0 unspecified atom stereocenters. The molecule has 0 heterocycles. The molecular weight excluding hydrogens is 282 g/mol. The number of esters is 2. The number of halogens is 2. The smallest absolute Gasteiger partial charge is 0.320 e. The third-order valence-electron chi connectivity index (χ3n) is 3.02. The number of methoxy groups -OCH3 is 2. The van der Waals surface area contributed by atoms with E-state index in [4.69, 9.17) is 0 Å². The molecule has 6 heteroatoms.